The smallest absolute Gasteiger partial charge is 0.227 e. The van der Waals surface area contributed by atoms with Crippen LogP contribution >= 0.6 is 11.3 Å². The van der Waals surface area contributed by atoms with Gasteiger partial charge in [-0.05, 0) is 105 Å². The van der Waals surface area contributed by atoms with E-state index in [1.54, 1.807) is 11.3 Å². The second-order valence-electron chi connectivity index (χ2n) is 17.5. The van der Waals surface area contributed by atoms with Crippen molar-refractivity contribution >= 4 is 53.7 Å². The van der Waals surface area contributed by atoms with Crippen LogP contribution in [0.1, 0.15) is 22.3 Å². The monoisotopic (exact) mass is 887 g/mol. The van der Waals surface area contributed by atoms with Gasteiger partial charge in [0.25, 0.3) is 0 Å². The summed E-state index contributed by atoms with van der Waals surface area (Å²) in [4.78, 5) is 26.2. The Labute approximate surface area is 392 Å². The van der Waals surface area contributed by atoms with Crippen LogP contribution in [-0.2, 0) is 5.41 Å². The summed E-state index contributed by atoms with van der Waals surface area (Å²) in [7, 11) is 0. The zero-order valence-electron chi connectivity index (χ0n) is 36.0. The Kier molecular flexibility index (Phi) is 7.74. The highest BCUT2D eigenvalue weighted by Crippen LogP contribution is 2.63. The van der Waals surface area contributed by atoms with Crippen LogP contribution in [0.5, 0.6) is 0 Å². The third kappa shape index (κ3) is 5.31. The van der Waals surface area contributed by atoms with Crippen molar-refractivity contribution in [3.05, 3.63) is 222 Å². The third-order valence-corrected chi connectivity index (χ3v) is 14.9. The lowest BCUT2D eigenvalue weighted by Gasteiger charge is -2.30. The molecule has 13 aromatic rings. The molecule has 0 saturated carbocycles. The van der Waals surface area contributed by atoms with Crippen LogP contribution < -0.4 is 0 Å². The van der Waals surface area contributed by atoms with Gasteiger partial charge in [-0.25, -0.2) is 24.9 Å². The minimum Gasteiger partial charge on any atom is -0.436 e. The number of para-hydroxylation sites is 4. The van der Waals surface area contributed by atoms with Gasteiger partial charge in [0, 0.05) is 48.0 Å². The van der Waals surface area contributed by atoms with Gasteiger partial charge < -0.3 is 8.83 Å². The molecule has 8 heteroatoms. The van der Waals surface area contributed by atoms with Crippen molar-refractivity contribution in [3.63, 3.8) is 0 Å². The lowest BCUT2D eigenvalue weighted by Crippen LogP contribution is -2.25. The summed E-state index contributed by atoms with van der Waals surface area (Å²) >= 11 is 1.78. The van der Waals surface area contributed by atoms with Gasteiger partial charge in [-0.2, -0.15) is 0 Å². The lowest BCUT2D eigenvalue weighted by atomic mass is 9.70. The fourth-order valence-electron chi connectivity index (χ4n) is 10.9. The molecule has 0 amide bonds. The summed E-state index contributed by atoms with van der Waals surface area (Å²) < 4.78 is 15.2. The number of nitrogens with zero attached hydrogens (tertiary/aromatic N) is 5. The predicted molar refractivity (Wildman–Crippen MR) is 271 cm³/mol. The minimum absolute atomic E-state index is 0.468. The number of hydrogen-bond donors (Lipinski definition) is 0. The van der Waals surface area contributed by atoms with Crippen LogP contribution in [0.3, 0.4) is 0 Å². The summed E-state index contributed by atoms with van der Waals surface area (Å²) in [6.07, 6.45) is 0. The second-order valence-corrected chi connectivity index (χ2v) is 18.6. The number of benzene rings is 9. The topological polar surface area (TPSA) is 90.7 Å². The highest BCUT2D eigenvalue weighted by molar-refractivity contribution is 7.25. The Bertz CT molecular complexity index is 4040. The largest absolute Gasteiger partial charge is 0.436 e. The quantitative estimate of drug-likeness (QED) is 0.170. The third-order valence-electron chi connectivity index (χ3n) is 13.8. The molecule has 0 N–H and O–H groups in total. The van der Waals surface area contributed by atoms with Crippen LogP contribution in [0.4, 0.5) is 0 Å². The Hall–Kier alpha value is -8.85. The second kappa shape index (κ2) is 14.1. The molecule has 0 atom stereocenters. The molecule has 2 aliphatic rings. The maximum Gasteiger partial charge on any atom is 0.227 e. The first-order valence-electron chi connectivity index (χ1n) is 22.6. The normalized spacial score (nSPS) is 13.1. The van der Waals surface area contributed by atoms with Gasteiger partial charge in [0.1, 0.15) is 11.0 Å². The molecular formula is C60H33N5O2S. The van der Waals surface area contributed by atoms with Crippen LogP contribution in [0.2, 0.25) is 0 Å². The molecule has 4 heterocycles. The van der Waals surface area contributed by atoms with Crippen molar-refractivity contribution in [1.82, 2.24) is 24.9 Å². The maximum atomic E-state index is 6.41. The Morgan fingerprint density at radius 2 is 0.824 bits per heavy atom. The highest BCUT2D eigenvalue weighted by atomic mass is 32.1. The van der Waals surface area contributed by atoms with Gasteiger partial charge in [0.05, 0.1) is 5.41 Å². The van der Waals surface area contributed by atoms with E-state index in [0.29, 0.717) is 40.4 Å². The van der Waals surface area contributed by atoms with E-state index in [0.717, 1.165) is 44.2 Å². The van der Waals surface area contributed by atoms with E-state index < -0.39 is 5.41 Å². The van der Waals surface area contributed by atoms with E-state index in [4.69, 9.17) is 33.8 Å². The van der Waals surface area contributed by atoms with Gasteiger partial charge in [0.15, 0.2) is 28.6 Å². The first-order chi connectivity index (χ1) is 33.7. The van der Waals surface area contributed by atoms with E-state index >= 15 is 0 Å². The zero-order chi connectivity index (χ0) is 44.5. The number of oxazole rings is 2. The number of thiophene rings is 1. The van der Waals surface area contributed by atoms with E-state index in [1.165, 1.54) is 59.3 Å². The van der Waals surface area contributed by atoms with Gasteiger partial charge in [-0.15, -0.1) is 11.3 Å². The van der Waals surface area contributed by atoms with Gasteiger partial charge in [-0.1, -0.05) is 140 Å². The molecule has 15 rings (SSSR count). The first-order valence-corrected chi connectivity index (χ1v) is 23.5. The van der Waals surface area contributed by atoms with Crippen molar-refractivity contribution in [2.75, 3.05) is 0 Å². The fourth-order valence-corrected chi connectivity index (χ4v) is 12.1. The molecule has 7 nitrogen and oxygen atoms in total. The fraction of sp³-hybridized carbons (Fsp3) is 0.0167. The highest BCUT2D eigenvalue weighted by Gasteiger charge is 2.51. The van der Waals surface area contributed by atoms with Crippen molar-refractivity contribution < 1.29 is 8.83 Å². The summed E-state index contributed by atoms with van der Waals surface area (Å²) in [5.74, 6) is 2.56. The minimum atomic E-state index is -0.530. The van der Waals surface area contributed by atoms with E-state index in [2.05, 4.69) is 133 Å². The van der Waals surface area contributed by atoms with Crippen molar-refractivity contribution in [2.45, 2.75) is 5.41 Å². The molecule has 0 aliphatic heterocycles. The van der Waals surface area contributed by atoms with E-state index in [-0.39, 0.29) is 0 Å². The van der Waals surface area contributed by atoms with Crippen molar-refractivity contribution in [1.29, 1.82) is 0 Å². The van der Waals surface area contributed by atoms with Gasteiger partial charge in [0.2, 0.25) is 11.8 Å². The Morgan fingerprint density at radius 1 is 0.338 bits per heavy atom. The molecule has 4 aromatic heterocycles. The summed E-state index contributed by atoms with van der Waals surface area (Å²) in [6, 6.07) is 70.0. The molecule has 1 spiro atoms. The average Bonchev–Trinajstić information content (AvgIpc) is 4.23. The van der Waals surface area contributed by atoms with Crippen molar-refractivity contribution in [3.8, 4) is 79.3 Å². The molecular weight excluding hydrogens is 855 g/mol. The van der Waals surface area contributed by atoms with Crippen LogP contribution in [0, 0.1) is 0 Å². The SMILES string of the molecule is c1ccc2c(c1)-c1ccccc1C21c2ccccc2-c2ccc(-c3nc(-c4cc(-c5nc6ccccc6o5)cc(-c5nc6ccccc6o5)c4)nc(-c4cccc5sc6ccccc6c45)n3)cc21. The van der Waals surface area contributed by atoms with Crippen LogP contribution in [0.15, 0.2) is 209 Å². The first kappa shape index (κ1) is 37.4. The van der Waals surface area contributed by atoms with Crippen molar-refractivity contribution in [2.24, 2.45) is 0 Å². The molecule has 2 aliphatic carbocycles. The summed E-state index contributed by atoms with van der Waals surface area (Å²) in [5.41, 5.74) is 16.4. The lowest BCUT2D eigenvalue weighted by molar-refractivity contribution is 0.617. The maximum absolute atomic E-state index is 6.41. The molecule has 0 unspecified atom stereocenters. The molecule has 9 aromatic carbocycles. The van der Waals surface area contributed by atoms with E-state index in [9.17, 15) is 0 Å². The van der Waals surface area contributed by atoms with Crippen LogP contribution in [-0.4, -0.2) is 24.9 Å². The molecule has 0 radical (unpaired) electrons. The standard InChI is InChI=1S/C60H33N5O2S/c1-5-19-44-38(14-1)39-15-2-6-20-45(39)60(44)46-21-7-3-16-40(46)41-29-28-34(33-47(41)60)55-63-56(65-57(64-55)43-18-13-27-53-54(43)42-17-4-12-26-52(42)68-53)35-30-36(58-61-48-22-8-10-24-50(48)66-58)32-37(31-35)59-62-49-23-9-11-25-51(49)67-59/h1-33H. The van der Waals surface area contributed by atoms with Gasteiger partial charge in [-0.3, -0.25) is 0 Å². The molecule has 0 bridgehead atoms. The molecule has 0 fully saturated rings. The predicted octanol–water partition coefficient (Wildman–Crippen LogP) is 15.2. The Balaban J connectivity index is 0.998. The molecule has 68 heavy (non-hydrogen) atoms. The molecule has 0 saturated heterocycles. The van der Waals surface area contributed by atoms with Crippen LogP contribution in [0.25, 0.3) is 122 Å². The number of hydrogen-bond acceptors (Lipinski definition) is 8. The number of rotatable bonds is 5. The number of fused-ring (bicyclic) bond motifs is 15. The van der Waals surface area contributed by atoms with Gasteiger partial charge >= 0.3 is 0 Å². The zero-order valence-corrected chi connectivity index (χ0v) is 36.8. The average molecular weight is 888 g/mol. The summed E-state index contributed by atoms with van der Waals surface area (Å²) in [5, 5.41) is 2.28. The molecule has 316 valence electrons. The Morgan fingerprint density at radius 3 is 1.46 bits per heavy atom. The summed E-state index contributed by atoms with van der Waals surface area (Å²) in [6.45, 7) is 0. The van der Waals surface area contributed by atoms with E-state index in [1.807, 2.05) is 66.7 Å². The number of aromatic nitrogens is 5.